The van der Waals surface area contributed by atoms with Crippen molar-refractivity contribution in [2.75, 3.05) is 0 Å². The molecule has 0 saturated heterocycles. The van der Waals surface area contributed by atoms with Gasteiger partial charge in [0.2, 0.25) is 0 Å². The van der Waals surface area contributed by atoms with E-state index in [4.69, 9.17) is 34.8 Å². The van der Waals surface area contributed by atoms with Crippen LogP contribution in [-0.2, 0) is 0 Å². The van der Waals surface area contributed by atoms with Gasteiger partial charge in [-0.15, -0.1) is 0 Å². The van der Waals surface area contributed by atoms with Crippen LogP contribution in [0.2, 0.25) is 15.1 Å². The van der Waals surface area contributed by atoms with E-state index in [9.17, 15) is 5.11 Å². The Bertz CT molecular complexity index is 584. The highest BCUT2D eigenvalue weighted by atomic mass is 79.9. The second-order valence-corrected chi connectivity index (χ2v) is 5.79. The van der Waals surface area contributed by atoms with Gasteiger partial charge in [0.15, 0.2) is 0 Å². The van der Waals surface area contributed by atoms with Gasteiger partial charge in [-0.05, 0) is 40.2 Å². The zero-order valence-corrected chi connectivity index (χ0v) is 12.9. The fraction of sp³-hybridized carbons (Fsp3) is 0.0769. The molecular weight excluding hydrogens is 358 g/mol. The second-order valence-electron chi connectivity index (χ2n) is 3.71. The number of hydrogen-bond acceptors (Lipinski definition) is 1. The highest BCUT2D eigenvalue weighted by Crippen LogP contribution is 2.36. The Hall–Kier alpha value is -0.250. The number of aliphatic hydroxyl groups excluding tert-OH is 1. The van der Waals surface area contributed by atoms with Gasteiger partial charge in [0.1, 0.15) is 6.10 Å². The van der Waals surface area contributed by atoms with Gasteiger partial charge < -0.3 is 5.11 Å². The number of hydrogen-bond donors (Lipinski definition) is 1. The fourth-order valence-corrected chi connectivity index (χ4v) is 2.64. The van der Waals surface area contributed by atoms with Crippen LogP contribution in [0.3, 0.4) is 0 Å². The lowest BCUT2D eigenvalue weighted by Crippen LogP contribution is -2.01. The van der Waals surface area contributed by atoms with Crippen LogP contribution in [-0.4, -0.2) is 5.11 Å². The molecule has 2 rings (SSSR count). The maximum absolute atomic E-state index is 10.4. The molecule has 1 N–H and O–H groups in total. The molecule has 18 heavy (non-hydrogen) atoms. The van der Waals surface area contributed by atoms with Crippen molar-refractivity contribution in [1.82, 2.24) is 0 Å². The predicted molar refractivity (Wildman–Crippen MR) is 79.7 cm³/mol. The minimum Gasteiger partial charge on any atom is -0.384 e. The quantitative estimate of drug-likeness (QED) is 0.745. The van der Waals surface area contributed by atoms with Crippen LogP contribution in [0.15, 0.2) is 40.9 Å². The number of aliphatic hydroxyl groups is 1. The largest absolute Gasteiger partial charge is 0.384 e. The Morgan fingerprint density at radius 2 is 1.72 bits per heavy atom. The highest BCUT2D eigenvalue weighted by Gasteiger charge is 2.18. The summed E-state index contributed by atoms with van der Waals surface area (Å²) in [5, 5.41) is 11.8. The summed E-state index contributed by atoms with van der Waals surface area (Å²) in [6, 6.07) is 10.3. The van der Waals surface area contributed by atoms with Crippen molar-refractivity contribution in [3.8, 4) is 0 Å². The van der Waals surface area contributed by atoms with Crippen molar-refractivity contribution in [3.63, 3.8) is 0 Å². The molecular formula is C13H8BrCl3O. The molecule has 0 amide bonds. The van der Waals surface area contributed by atoms with E-state index in [1.54, 1.807) is 36.4 Å². The molecule has 94 valence electrons. The van der Waals surface area contributed by atoms with Crippen LogP contribution < -0.4 is 0 Å². The summed E-state index contributed by atoms with van der Waals surface area (Å²) in [6.07, 6.45) is -0.916. The lowest BCUT2D eigenvalue weighted by Gasteiger charge is -2.15. The number of benzene rings is 2. The van der Waals surface area contributed by atoms with Crippen molar-refractivity contribution in [3.05, 3.63) is 67.1 Å². The van der Waals surface area contributed by atoms with Gasteiger partial charge in [-0.2, -0.15) is 0 Å². The first kappa shape index (κ1) is 14.2. The molecule has 2 aromatic carbocycles. The third-order valence-electron chi connectivity index (χ3n) is 2.53. The first-order valence-electron chi connectivity index (χ1n) is 5.07. The van der Waals surface area contributed by atoms with Crippen molar-refractivity contribution < 1.29 is 5.11 Å². The van der Waals surface area contributed by atoms with Gasteiger partial charge in [0.25, 0.3) is 0 Å². The van der Waals surface area contributed by atoms with E-state index >= 15 is 0 Å². The van der Waals surface area contributed by atoms with Crippen molar-refractivity contribution >= 4 is 50.7 Å². The predicted octanol–water partition coefficient (Wildman–Crippen LogP) is 5.49. The molecule has 0 bridgehead atoms. The van der Waals surface area contributed by atoms with E-state index in [-0.39, 0.29) is 0 Å². The van der Waals surface area contributed by atoms with Gasteiger partial charge in [-0.25, -0.2) is 0 Å². The van der Waals surface area contributed by atoms with Crippen LogP contribution in [0.4, 0.5) is 0 Å². The van der Waals surface area contributed by atoms with Crippen LogP contribution in [0.5, 0.6) is 0 Å². The monoisotopic (exact) mass is 364 g/mol. The molecule has 0 saturated carbocycles. The molecule has 1 atom stereocenters. The summed E-state index contributed by atoms with van der Waals surface area (Å²) >= 11 is 21.4. The Balaban J connectivity index is 2.51. The summed E-state index contributed by atoms with van der Waals surface area (Å²) in [4.78, 5) is 0. The van der Waals surface area contributed by atoms with Gasteiger partial charge >= 0.3 is 0 Å². The third-order valence-corrected chi connectivity index (χ3v) is 4.42. The average Bonchev–Trinajstić information content (AvgIpc) is 2.35. The topological polar surface area (TPSA) is 20.2 Å². The maximum atomic E-state index is 10.4. The Labute approximate surface area is 128 Å². The molecule has 0 radical (unpaired) electrons. The lowest BCUT2D eigenvalue weighted by atomic mass is 10.0. The number of halogens is 4. The van der Waals surface area contributed by atoms with E-state index in [0.717, 1.165) is 4.47 Å². The summed E-state index contributed by atoms with van der Waals surface area (Å²) in [7, 11) is 0. The smallest absolute Gasteiger partial charge is 0.107 e. The highest BCUT2D eigenvalue weighted by molar-refractivity contribution is 9.10. The first-order chi connectivity index (χ1) is 8.50. The minimum atomic E-state index is -0.916. The molecule has 0 aliphatic heterocycles. The van der Waals surface area contributed by atoms with Crippen LogP contribution >= 0.6 is 50.7 Å². The Morgan fingerprint density at radius 3 is 2.44 bits per heavy atom. The molecule has 0 heterocycles. The summed E-state index contributed by atoms with van der Waals surface area (Å²) in [5.41, 5.74) is 1.11. The van der Waals surface area contributed by atoms with Gasteiger partial charge in [-0.3, -0.25) is 0 Å². The zero-order valence-electron chi connectivity index (χ0n) is 9.00. The Kier molecular flexibility index (Phi) is 4.57. The van der Waals surface area contributed by atoms with Crippen LogP contribution in [0.25, 0.3) is 0 Å². The third kappa shape index (κ3) is 2.84. The van der Waals surface area contributed by atoms with E-state index in [1.807, 2.05) is 0 Å². The van der Waals surface area contributed by atoms with Crippen LogP contribution in [0.1, 0.15) is 17.2 Å². The molecule has 2 aromatic rings. The average molecular weight is 366 g/mol. The van der Waals surface area contributed by atoms with Crippen molar-refractivity contribution in [2.24, 2.45) is 0 Å². The zero-order chi connectivity index (χ0) is 13.3. The SMILES string of the molecule is OC(c1cc(Cl)ccc1Cl)c1cccc(Br)c1Cl. The molecule has 1 nitrogen and oxygen atoms in total. The standard InChI is InChI=1S/C13H8BrCl3O/c14-10-3-1-2-8(12(10)17)13(18)9-6-7(15)4-5-11(9)16/h1-6,13,18H. The molecule has 0 aliphatic carbocycles. The maximum Gasteiger partial charge on any atom is 0.107 e. The number of rotatable bonds is 2. The molecule has 1 unspecified atom stereocenters. The normalized spacial score (nSPS) is 12.5. The summed E-state index contributed by atoms with van der Waals surface area (Å²) in [6.45, 7) is 0. The molecule has 0 spiro atoms. The fourth-order valence-electron chi connectivity index (χ4n) is 1.62. The second kappa shape index (κ2) is 5.81. The lowest BCUT2D eigenvalue weighted by molar-refractivity contribution is 0.220. The summed E-state index contributed by atoms with van der Waals surface area (Å²) < 4.78 is 0.721. The molecule has 0 aliphatic rings. The first-order valence-corrected chi connectivity index (χ1v) is 7.00. The van der Waals surface area contributed by atoms with Gasteiger partial charge in [0, 0.05) is 25.6 Å². The van der Waals surface area contributed by atoms with Crippen molar-refractivity contribution in [2.45, 2.75) is 6.10 Å². The molecule has 0 fully saturated rings. The van der Waals surface area contributed by atoms with Gasteiger partial charge in [-0.1, -0.05) is 46.9 Å². The van der Waals surface area contributed by atoms with E-state index in [2.05, 4.69) is 15.9 Å². The van der Waals surface area contributed by atoms with E-state index < -0.39 is 6.10 Å². The van der Waals surface area contributed by atoms with Crippen molar-refractivity contribution in [1.29, 1.82) is 0 Å². The van der Waals surface area contributed by atoms with E-state index in [1.165, 1.54) is 0 Å². The molecule has 5 heteroatoms. The Morgan fingerprint density at radius 1 is 1.00 bits per heavy atom. The minimum absolute atomic E-state index is 0.447. The molecule has 0 aromatic heterocycles. The van der Waals surface area contributed by atoms with E-state index in [0.29, 0.717) is 26.2 Å². The van der Waals surface area contributed by atoms with Crippen LogP contribution in [0, 0.1) is 0 Å². The summed E-state index contributed by atoms with van der Waals surface area (Å²) in [5.74, 6) is 0. The van der Waals surface area contributed by atoms with Gasteiger partial charge in [0.05, 0.1) is 5.02 Å².